The van der Waals surface area contributed by atoms with Crippen molar-refractivity contribution < 1.29 is 9.53 Å². The lowest BCUT2D eigenvalue weighted by Crippen LogP contribution is -2.13. The number of hydrogen-bond acceptors (Lipinski definition) is 3. The van der Waals surface area contributed by atoms with Gasteiger partial charge in [-0.25, -0.2) is 0 Å². The van der Waals surface area contributed by atoms with Crippen LogP contribution in [0.3, 0.4) is 0 Å². The number of ether oxygens (including phenoxy) is 1. The Morgan fingerprint density at radius 1 is 1.44 bits per heavy atom. The average Bonchev–Trinajstić information content (AvgIpc) is 3.11. The topological polar surface area (TPSA) is 26.3 Å². The standard InChI is InChI=1S/C14H17ClO2S/c1-17-13(16)8-14(6-7-14)10-18-9-11-4-2-3-5-12(11)15/h2-5H,6-10H2,1H3. The van der Waals surface area contributed by atoms with Crippen molar-refractivity contribution in [2.75, 3.05) is 12.9 Å². The van der Waals surface area contributed by atoms with E-state index in [0.29, 0.717) is 6.42 Å². The van der Waals surface area contributed by atoms with Gasteiger partial charge in [0.1, 0.15) is 0 Å². The predicted molar refractivity (Wildman–Crippen MR) is 75.9 cm³/mol. The minimum absolute atomic E-state index is 0.0918. The summed E-state index contributed by atoms with van der Waals surface area (Å²) < 4.78 is 4.74. The van der Waals surface area contributed by atoms with Gasteiger partial charge in [-0.1, -0.05) is 29.8 Å². The van der Waals surface area contributed by atoms with Crippen LogP contribution in [0.5, 0.6) is 0 Å². The molecular weight excluding hydrogens is 268 g/mol. The van der Waals surface area contributed by atoms with Gasteiger partial charge in [-0.2, -0.15) is 11.8 Å². The smallest absolute Gasteiger partial charge is 0.306 e. The molecule has 0 N–H and O–H groups in total. The van der Waals surface area contributed by atoms with Crippen LogP contribution in [-0.4, -0.2) is 18.8 Å². The van der Waals surface area contributed by atoms with E-state index in [4.69, 9.17) is 16.3 Å². The van der Waals surface area contributed by atoms with Gasteiger partial charge in [-0.15, -0.1) is 0 Å². The Kier molecular flexibility index (Phi) is 4.57. The van der Waals surface area contributed by atoms with E-state index in [1.807, 2.05) is 30.0 Å². The molecule has 0 atom stereocenters. The summed E-state index contributed by atoms with van der Waals surface area (Å²) in [4.78, 5) is 11.3. The van der Waals surface area contributed by atoms with Gasteiger partial charge in [0.2, 0.25) is 0 Å². The Morgan fingerprint density at radius 2 is 2.17 bits per heavy atom. The fourth-order valence-corrected chi connectivity index (χ4v) is 3.60. The number of esters is 1. The second-order valence-electron chi connectivity index (χ2n) is 4.84. The first-order chi connectivity index (χ1) is 8.65. The van der Waals surface area contributed by atoms with E-state index in [1.165, 1.54) is 7.11 Å². The van der Waals surface area contributed by atoms with Gasteiger partial charge in [-0.05, 0) is 35.6 Å². The van der Waals surface area contributed by atoms with E-state index >= 15 is 0 Å². The van der Waals surface area contributed by atoms with Crippen molar-refractivity contribution >= 4 is 29.3 Å². The molecule has 1 aliphatic carbocycles. The molecule has 1 saturated carbocycles. The molecule has 1 aromatic rings. The fourth-order valence-electron chi connectivity index (χ4n) is 1.92. The third kappa shape index (κ3) is 3.66. The van der Waals surface area contributed by atoms with Crippen molar-refractivity contribution in [2.45, 2.75) is 25.0 Å². The Hall–Kier alpha value is -0.670. The van der Waals surface area contributed by atoms with Crippen LogP contribution in [0, 0.1) is 5.41 Å². The maximum Gasteiger partial charge on any atom is 0.306 e. The van der Waals surface area contributed by atoms with Crippen molar-refractivity contribution in [2.24, 2.45) is 5.41 Å². The summed E-state index contributed by atoms with van der Waals surface area (Å²) in [6.07, 6.45) is 2.83. The lowest BCUT2D eigenvalue weighted by molar-refractivity contribution is -0.141. The molecule has 2 rings (SSSR count). The number of benzene rings is 1. The predicted octanol–water partition coefficient (Wildman–Crippen LogP) is 3.92. The third-order valence-electron chi connectivity index (χ3n) is 3.33. The highest BCUT2D eigenvalue weighted by molar-refractivity contribution is 7.98. The van der Waals surface area contributed by atoms with Crippen LogP contribution in [0.1, 0.15) is 24.8 Å². The summed E-state index contributed by atoms with van der Waals surface area (Å²) in [7, 11) is 1.45. The van der Waals surface area contributed by atoms with Crippen molar-refractivity contribution in [3.63, 3.8) is 0 Å². The van der Waals surface area contributed by atoms with Gasteiger partial charge in [0.05, 0.1) is 13.5 Å². The van der Waals surface area contributed by atoms with Gasteiger partial charge in [0.15, 0.2) is 0 Å². The fraction of sp³-hybridized carbons (Fsp3) is 0.500. The monoisotopic (exact) mass is 284 g/mol. The molecule has 1 aromatic carbocycles. The summed E-state index contributed by atoms with van der Waals surface area (Å²) in [5, 5.41) is 0.822. The molecule has 0 bridgehead atoms. The average molecular weight is 285 g/mol. The highest BCUT2D eigenvalue weighted by Crippen LogP contribution is 2.51. The molecular formula is C14H17ClO2S. The normalized spacial score (nSPS) is 16.3. The molecule has 18 heavy (non-hydrogen) atoms. The van der Waals surface area contributed by atoms with Crippen LogP contribution in [0.25, 0.3) is 0 Å². The molecule has 0 saturated heterocycles. The zero-order valence-electron chi connectivity index (χ0n) is 10.4. The Morgan fingerprint density at radius 3 is 2.78 bits per heavy atom. The third-order valence-corrected chi connectivity index (χ3v) is 5.03. The lowest BCUT2D eigenvalue weighted by Gasteiger charge is -2.13. The molecule has 98 valence electrons. The zero-order chi connectivity index (χ0) is 13.0. The van der Waals surface area contributed by atoms with Crippen LogP contribution < -0.4 is 0 Å². The van der Waals surface area contributed by atoms with Crippen LogP contribution in [-0.2, 0) is 15.3 Å². The number of carbonyl (C=O) groups is 1. The second-order valence-corrected chi connectivity index (χ2v) is 6.23. The molecule has 0 spiro atoms. The van der Waals surface area contributed by atoms with Crippen molar-refractivity contribution in [3.8, 4) is 0 Å². The summed E-state index contributed by atoms with van der Waals surface area (Å²) in [6, 6.07) is 7.91. The van der Waals surface area contributed by atoms with Gasteiger partial charge in [0.25, 0.3) is 0 Å². The summed E-state index contributed by atoms with van der Waals surface area (Å²) in [6.45, 7) is 0. The first-order valence-corrected chi connectivity index (χ1v) is 7.56. The van der Waals surface area contributed by atoms with Crippen molar-refractivity contribution in [3.05, 3.63) is 34.9 Å². The van der Waals surface area contributed by atoms with Crippen LogP contribution in [0.15, 0.2) is 24.3 Å². The molecule has 0 aliphatic heterocycles. The summed E-state index contributed by atoms with van der Waals surface area (Å²) >= 11 is 7.96. The van der Waals surface area contributed by atoms with Crippen LogP contribution in [0.4, 0.5) is 0 Å². The van der Waals surface area contributed by atoms with Gasteiger partial charge in [-0.3, -0.25) is 4.79 Å². The molecule has 0 heterocycles. The first-order valence-electron chi connectivity index (χ1n) is 6.03. The molecule has 1 aliphatic rings. The first kappa shape index (κ1) is 13.8. The molecule has 0 radical (unpaired) electrons. The molecule has 0 aromatic heterocycles. The molecule has 0 unspecified atom stereocenters. The summed E-state index contributed by atoms with van der Waals surface area (Å²) in [5.41, 5.74) is 1.36. The quantitative estimate of drug-likeness (QED) is 0.741. The maximum atomic E-state index is 11.3. The van der Waals surface area contributed by atoms with E-state index in [2.05, 4.69) is 6.07 Å². The minimum atomic E-state index is -0.0918. The Bertz CT molecular complexity index is 430. The number of methoxy groups -OCH3 is 1. The second kappa shape index (κ2) is 5.98. The van der Waals surface area contributed by atoms with Gasteiger partial charge < -0.3 is 4.74 Å². The highest BCUT2D eigenvalue weighted by Gasteiger charge is 2.44. The van der Waals surface area contributed by atoms with Gasteiger partial charge >= 0.3 is 5.97 Å². The maximum absolute atomic E-state index is 11.3. The SMILES string of the molecule is COC(=O)CC1(CSCc2ccccc2Cl)CC1. The van der Waals surface area contributed by atoms with Crippen LogP contribution >= 0.6 is 23.4 Å². The number of rotatable bonds is 6. The molecule has 2 nitrogen and oxygen atoms in total. The van der Waals surface area contributed by atoms with E-state index in [0.717, 1.165) is 34.9 Å². The summed E-state index contributed by atoms with van der Waals surface area (Å²) in [5.74, 6) is 1.82. The number of halogens is 1. The number of carbonyl (C=O) groups excluding carboxylic acids is 1. The number of hydrogen-bond donors (Lipinski definition) is 0. The Balaban J connectivity index is 1.79. The lowest BCUT2D eigenvalue weighted by atomic mass is 10.1. The molecule has 4 heteroatoms. The zero-order valence-corrected chi connectivity index (χ0v) is 12.0. The molecule has 0 amide bonds. The van der Waals surface area contributed by atoms with Crippen molar-refractivity contribution in [1.29, 1.82) is 0 Å². The van der Waals surface area contributed by atoms with E-state index in [-0.39, 0.29) is 11.4 Å². The number of thioether (sulfide) groups is 1. The van der Waals surface area contributed by atoms with E-state index in [9.17, 15) is 4.79 Å². The minimum Gasteiger partial charge on any atom is -0.469 e. The van der Waals surface area contributed by atoms with E-state index < -0.39 is 0 Å². The van der Waals surface area contributed by atoms with Crippen LogP contribution in [0.2, 0.25) is 5.02 Å². The highest BCUT2D eigenvalue weighted by atomic mass is 35.5. The van der Waals surface area contributed by atoms with E-state index in [1.54, 1.807) is 0 Å². The Labute approximate surface area is 117 Å². The van der Waals surface area contributed by atoms with Gasteiger partial charge in [0, 0.05) is 10.8 Å². The largest absolute Gasteiger partial charge is 0.469 e. The molecule has 1 fully saturated rings. The van der Waals surface area contributed by atoms with Crippen molar-refractivity contribution in [1.82, 2.24) is 0 Å².